The highest BCUT2D eigenvalue weighted by Gasteiger charge is 2.12. The molecule has 0 saturated carbocycles. The van der Waals surface area contributed by atoms with Gasteiger partial charge in [-0.2, -0.15) is 0 Å². The summed E-state index contributed by atoms with van der Waals surface area (Å²) in [6.45, 7) is 0.561. The van der Waals surface area contributed by atoms with Crippen molar-refractivity contribution in [2.75, 3.05) is 6.54 Å². The third-order valence-corrected chi connectivity index (χ3v) is 4.37. The van der Waals surface area contributed by atoms with E-state index in [0.717, 1.165) is 20.9 Å². The van der Waals surface area contributed by atoms with Crippen molar-refractivity contribution < 1.29 is 4.39 Å². The topological polar surface area (TPSA) is 26.0 Å². The van der Waals surface area contributed by atoms with E-state index in [1.165, 1.54) is 17.7 Å². The van der Waals surface area contributed by atoms with E-state index in [0.29, 0.717) is 6.54 Å². The van der Waals surface area contributed by atoms with Crippen molar-refractivity contribution in [1.29, 1.82) is 0 Å². The highest BCUT2D eigenvalue weighted by atomic mass is 79.9. The molecule has 0 spiro atoms. The average molecular weight is 387 g/mol. The van der Waals surface area contributed by atoms with Crippen molar-refractivity contribution in [3.63, 3.8) is 0 Å². The van der Waals surface area contributed by atoms with Gasteiger partial charge in [-0.25, -0.2) is 4.39 Å². The van der Waals surface area contributed by atoms with E-state index in [2.05, 4.69) is 44.0 Å². The van der Waals surface area contributed by atoms with Gasteiger partial charge in [0.15, 0.2) is 0 Å². The van der Waals surface area contributed by atoms with Gasteiger partial charge in [0.1, 0.15) is 5.82 Å². The minimum absolute atomic E-state index is 0.231. The van der Waals surface area contributed by atoms with Crippen LogP contribution in [-0.4, -0.2) is 6.54 Å². The third-order valence-electron chi connectivity index (χ3n) is 3.11. The maximum atomic E-state index is 13.1. The summed E-state index contributed by atoms with van der Waals surface area (Å²) in [5, 5.41) is 0. The second-order valence-electron chi connectivity index (χ2n) is 4.42. The quantitative estimate of drug-likeness (QED) is 0.813. The fraction of sp³-hybridized carbons (Fsp3) is 0.200. The number of halogens is 3. The third kappa shape index (κ3) is 3.88. The molecular weight excluding hydrogens is 373 g/mol. The molecule has 1 atom stereocenters. The predicted molar refractivity (Wildman–Crippen MR) is 83.7 cm³/mol. The molecule has 2 aromatic carbocycles. The standard InChI is InChI=1S/C15H14Br2FN/c16-13-4-1-10(2-5-13)12(9-19)7-11-3-6-14(18)8-15(11)17/h1-6,8,12H,7,9,19H2. The van der Waals surface area contributed by atoms with Crippen molar-refractivity contribution in [2.45, 2.75) is 12.3 Å². The number of nitrogens with two attached hydrogens (primary N) is 1. The number of hydrogen-bond donors (Lipinski definition) is 1. The van der Waals surface area contributed by atoms with Crippen LogP contribution in [0.4, 0.5) is 4.39 Å². The van der Waals surface area contributed by atoms with Crippen LogP contribution in [0.3, 0.4) is 0 Å². The van der Waals surface area contributed by atoms with Crippen molar-refractivity contribution in [3.05, 3.63) is 68.4 Å². The zero-order chi connectivity index (χ0) is 13.8. The second-order valence-corrected chi connectivity index (χ2v) is 6.19. The molecule has 1 unspecified atom stereocenters. The van der Waals surface area contributed by atoms with Gasteiger partial charge < -0.3 is 5.73 Å². The maximum absolute atomic E-state index is 13.1. The van der Waals surface area contributed by atoms with E-state index >= 15 is 0 Å². The van der Waals surface area contributed by atoms with Gasteiger partial charge in [0.25, 0.3) is 0 Å². The van der Waals surface area contributed by atoms with Crippen molar-refractivity contribution in [3.8, 4) is 0 Å². The first-order chi connectivity index (χ1) is 9.10. The minimum Gasteiger partial charge on any atom is -0.330 e. The van der Waals surface area contributed by atoms with Crippen LogP contribution in [0.5, 0.6) is 0 Å². The zero-order valence-electron chi connectivity index (χ0n) is 10.2. The molecule has 0 saturated heterocycles. The molecule has 19 heavy (non-hydrogen) atoms. The van der Waals surface area contributed by atoms with Gasteiger partial charge >= 0.3 is 0 Å². The monoisotopic (exact) mass is 385 g/mol. The number of hydrogen-bond acceptors (Lipinski definition) is 1. The summed E-state index contributed by atoms with van der Waals surface area (Å²) >= 11 is 6.82. The molecule has 100 valence electrons. The molecule has 0 heterocycles. The molecule has 0 aliphatic carbocycles. The zero-order valence-corrected chi connectivity index (χ0v) is 13.4. The van der Waals surface area contributed by atoms with Crippen molar-refractivity contribution in [2.24, 2.45) is 5.73 Å². The lowest BCUT2D eigenvalue weighted by molar-refractivity contribution is 0.624. The molecule has 0 bridgehead atoms. The van der Waals surface area contributed by atoms with E-state index < -0.39 is 0 Å². The Morgan fingerprint density at radius 1 is 1.05 bits per heavy atom. The summed E-state index contributed by atoms with van der Waals surface area (Å²) in [6, 6.07) is 12.9. The van der Waals surface area contributed by atoms with Gasteiger partial charge in [-0.1, -0.05) is 50.1 Å². The summed E-state index contributed by atoms with van der Waals surface area (Å²) in [5.74, 6) is -0.00146. The molecule has 2 aromatic rings. The van der Waals surface area contributed by atoms with E-state index in [4.69, 9.17) is 5.73 Å². The fourth-order valence-corrected chi connectivity index (χ4v) is 2.80. The molecule has 0 aromatic heterocycles. The number of rotatable bonds is 4. The molecule has 1 nitrogen and oxygen atoms in total. The average Bonchev–Trinajstić information content (AvgIpc) is 2.39. The highest BCUT2D eigenvalue weighted by Crippen LogP contribution is 2.26. The van der Waals surface area contributed by atoms with Crippen LogP contribution in [0.1, 0.15) is 17.0 Å². The minimum atomic E-state index is -0.233. The summed E-state index contributed by atoms with van der Waals surface area (Å²) in [6.07, 6.45) is 0.791. The van der Waals surface area contributed by atoms with Gasteiger partial charge in [0.05, 0.1) is 0 Å². The first-order valence-corrected chi connectivity index (χ1v) is 7.58. The SMILES string of the molecule is NCC(Cc1ccc(F)cc1Br)c1ccc(Br)cc1. The summed E-state index contributed by atoms with van der Waals surface area (Å²) in [4.78, 5) is 0. The first-order valence-electron chi connectivity index (χ1n) is 5.99. The van der Waals surface area contributed by atoms with Gasteiger partial charge in [0.2, 0.25) is 0 Å². The summed E-state index contributed by atoms with van der Waals surface area (Å²) in [5.41, 5.74) is 8.14. The Kier molecular flexibility index (Phi) is 5.13. The molecular formula is C15H14Br2FN. The van der Waals surface area contributed by atoms with Crippen LogP contribution < -0.4 is 5.73 Å². The normalized spacial score (nSPS) is 12.4. The smallest absolute Gasteiger partial charge is 0.124 e. The first kappa shape index (κ1) is 14.7. The summed E-state index contributed by atoms with van der Waals surface area (Å²) in [7, 11) is 0. The Morgan fingerprint density at radius 2 is 1.74 bits per heavy atom. The van der Waals surface area contributed by atoms with Crippen LogP contribution in [0.25, 0.3) is 0 Å². The van der Waals surface area contributed by atoms with E-state index in [-0.39, 0.29) is 11.7 Å². The fourth-order valence-electron chi connectivity index (χ4n) is 2.02. The van der Waals surface area contributed by atoms with Crippen LogP contribution >= 0.6 is 31.9 Å². The largest absolute Gasteiger partial charge is 0.330 e. The van der Waals surface area contributed by atoms with Gasteiger partial charge in [0, 0.05) is 14.9 Å². The van der Waals surface area contributed by atoms with E-state index in [1.54, 1.807) is 6.07 Å². The van der Waals surface area contributed by atoms with E-state index in [9.17, 15) is 4.39 Å². The van der Waals surface area contributed by atoms with Crippen LogP contribution in [0.15, 0.2) is 51.4 Å². The molecule has 2 rings (SSSR count). The lowest BCUT2D eigenvalue weighted by atomic mass is 9.92. The Hall–Kier alpha value is -0.710. The van der Waals surface area contributed by atoms with Crippen molar-refractivity contribution in [1.82, 2.24) is 0 Å². The molecule has 0 aliphatic heterocycles. The van der Waals surface area contributed by atoms with Crippen molar-refractivity contribution >= 4 is 31.9 Å². The highest BCUT2D eigenvalue weighted by molar-refractivity contribution is 9.10. The molecule has 0 amide bonds. The molecule has 0 radical (unpaired) electrons. The van der Waals surface area contributed by atoms with Crippen LogP contribution in [0, 0.1) is 5.82 Å². The summed E-state index contributed by atoms with van der Waals surface area (Å²) < 4.78 is 14.9. The van der Waals surface area contributed by atoms with Crippen LogP contribution in [0.2, 0.25) is 0 Å². The van der Waals surface area contributed by atoms with Crippen LogP contribution in [-0.2, 0) is 6.42 Å². The molecule has 4 heteroatoms. The predicted octanol–water partition coefficient (Wildman–Crippen LogP) is 4.64. The molecule has 2 N–H and O–H groups in total. The van der Waals surface area contributed by atoms with Gasteiger partial charge in [-0.05, 0) is 48.4 Å². The lowest BCUT2D eigenvalue weighted by Crippen LogP contribution is -2.15. The van der Waals surface area contributed by atoms with Gasteiger partial charge in [-0.15, -0.1) is 0 Å². The lowest BCUT2D eigenvalue weighted by Gasteiger charge is -2.16. The maximum Gasteiger partial charge on any atom is 0.124 e. The Balaban J connectivity index is 2.21. The Labute approximate surface area is 129 Å². The van der Waals surface area contributed by atoms with E-state index in [1.807, 2.05) is 12.1 Å². The molecule has 0 aliphatic rings. The Morgan fingerprint density at radius 3 is 2.32 bits per heavy atom. The second kappa shape index (κ2) is 6.64. The van der Waals surface area contributed by atoms with Gasteiger partial charge in [-0.3, -0.25) is 0 Å². The Bertz CT molecular complexity index is 555. The number of benzene rings is 2. The molecule has 0 fully saturated rings.